The molecule has 0 aromatic heterocycles. The van der Waals surface area contributed by atoms with E-state index in [0.717, 1.165) is 12.0 Å². The maximum absolute atomic E-state index is 13.4. The molecule has 0 heterocycles. The Morgan fingerprint density at radius 3 is 2.27 bits per heavy atom. The van der Waals surface area contributed by atoms with Crippen LogP contribution in [0.3, 0.4) is 0 Å². The largest absolute Gasteiger partial charge is 0.493 e. The zero-order chi connectivity index (χ0) is 24.4. The fraction of sp³-hybridized carbons (Fsp3) is 0.440. The molecule has 0 bridgehead atoms. The normalized spacial score (nSPS) is 11.6. The second-order valence-corrected chi connectivity index (χ2v) is 8.44. The Morgan fingerprint density at radius 2 is 1.70 bits per heavy atom. The number of nitrogens with zero attached hydrogens (tertiary/aromatic N) is 1. The van der Waals surface area contributed by atoms with Crippen molar-refractivity contribution in [2.75, 3.05) is 20.8 Å². The standard InChI is InChI=1S/C25H32Cl2N2O4/c1-5-14-28-25(31)21(6-2)29(16-18-19(26)8-7-9-20(18)27)24(30)13-11-17-10-12-22(32-3)23(15-17)33-4/h7-10,12,15,21H,5-6,11,13-14,16H2,1-4H3,(H,28,31)/t21-/m1/s1. The number of carbonyl (C=O) groups is 2. The third-order valence-corrected chi connectivity index (χ3v) is 6.11. The Hall–Kier alpha value is -2.44. The number of ether oxygens (including phenoxy) is 2. The summed E-state index contributed by atoms with van der Waals surface area (Å²) in [5.74, 6) is 0.898. The van der Waals surface area contributed by atoms with Crippen LogP contribution in [0.4, 0.5) is 0 Å². The molecule has 2 aromatic rings. The van der Waals surface area contributed by atoms with Crippen LogP contribution in [0.2, 0.25) is 10.0 Å². The number of amides is 2. The van der Waals surface area contributed by atoms with E-state index in [1.54, 1.807) is 37.3 Å². The van der Waals surface area contributed by atoms with Gasteiger partial charge >= 0.3 is 0 Å². The second-order valence-electron chi connectivity index (χ2n) is 7.63. The third-order valence-electron chi connectivity index (χ3n) is 5.40. The molecule has 180 valence electrons. The smallest absolute Gasteiger partial charge is 0.242 e. The first-order valence-corrected chi connectivity index (χ1v) is 11.8. The van der Waals surface area contributed by atoms with Gasteiger partial charge < -0.3 is 19.7 Å². The van der Waals surface area contributed by atoms with E-state index < -0.39 is 6.04 Å². The average Bonchev–Trinajstić information content (AvgIpc) is 2.82. The topological polar surface area (TPSA) is 67.9 Å². The van der Waals surface area contributed by atoms with Crippen molar-refractivity contribution in [2.24, 2.45) is 0 Å². The predicted octanol–water partition coefficient (Wildman–Crippen LogP) is 5.28. The van der Waals surface area contributed by atoms with Gasteiger partial charge in [-0.25, -0.2) is 0 Å². The molecule has 0 saturated heterocycles. The summed E-state index contributed by atoms with van der Waals surface area (Å²) in [5.41, 5.74) is 1.56. The molecule has 1 N–H and O–H groups in total. The number of benzene rings is 2. The highest BCUT2D eigenvalue weighted by atomic mass is 35.5. The fourth-order valence-electron chi connectivity index (χ4n) is 3.57. The lowest BCUT2D eigenvalue weighted by Gasteiger charge is -2.31. The van der Waals surface area contributed by atoms with Gasteiger partial charge in [0.1, 0.15) is 6.04 Å². The number of halogens is 2. The van der Waals surface area contributed by atoms with Crippen molar-refractivity contribution in [3.8, 4) is 11.5 Å². The van der Waals surface area contributed by atoms with Crippen LogP contribution in [0.1, 0.15) is 44.2 Å². The summed E-state index contributed by atoms with van der Waals surface area (Å²) >= 11 is 12.8. The molecular weight excluding hydrogens is 463 g/mol. The summed E-state index contributed by atoms with van der Waals surface area (Å²) in [5, 5.41) is 3.83. The van der Waals surface area contributed by atoms with Gasteiger partial charge in [-0.05, 0) is 49.1 Å². The van der Waals surface area contributed by atoms with Crippen LogP contribution in [0.5, 0.6) is 11.5 Å². The fourth-order valence-corrected chi connectivity index (χ4v) is 4.09. The number of hydrogen-bond donors (Lipinski definition) is 1. The molecule has 2 rings (SSSR count). The monoisotopic (exact) mass is 494 g/mol. The Morgan fingerprint density at radius 1 is 1.03 bits per heavy atom. The quantitative estimate of drug-likeness (QED) is 0.435. The lowest BCUT2D eigenvalue weighted by Crippen LogP contribution is -2.49. The molecular formula is C25H32Cl2N2O4. The lowest BCUT2D eigenvalue weighted by atomic mass is 10.1. The molecule has 0 spiro atoms. The first-order valence-electron chi connectivity index (χ1n) is 11.1. The number of hydrogen-bond acceptors (Lipinski definition) is 4. The maximum Gasteiger partial charge on any atom is 0.242 e. The van der Waals surface area contributed by atoms with Gasteiger partial charge in [0.2, 0.25) is 11.8 Å². The predicted molar refractivity (Wildman–Crippen MR) is 132 cm³/mol. The summed E-state index contributed by atoms with van der Waals surface area (Å²) < 4.78 is 10.6. The summed E-state index contributed by atoms with van der Waals surface area (Å²) in [6, 6.07) is 10.2. The van der Waals surface area contributed by atoms with Crippen molar-refractivity contribution in [3.63, 3.8) is 0 Å². The number of rotatable bonds is 12. The highest BCUT2D eigenvalue weighted by Crippen LogP contribution is 2.29. The van der Waals surface area contributed by atoms with E-state index in [2.05, 4.69) is 5.32 Å². The minimum atomic E-state index is -0.623. The summed E-state index contributed by atoms with van der Waals surface area (Å²) in [6.45, 7) is 4.58. The number of nitrogens with one attached hydrogen (secondary N) is 1. The van der Waals surface area contributed by atoms with E-state index in [4.69, 9.17) is 32.7 Å². The van der Waals surface area contributed by atoms with E-state index in [0.29, 0.717) is 46.5 Å². The van der Waals surface area contributed by atoms with Gasteiger partial charge in [0.05, 0.1) is 14.2 Å². The molecule has 0 aliphatic heterocycles. The van der Waals surface area contributed by atoms with Crippen LogP contribution >= 0.6 is 23.2 Å². The van der Waals surface area contributed by atoms with Crippen molar-refractivity contribution < 1.29 is 19.1 Å². The molecule has 0 radical (unpaired) electrons. The zero-order valence-corrected chi connectivity index (χ0v) is 21.1. The van der Waals surface area contributed by atoms with E-state index in [-0.39, 0.29) is 24.8 Å². The van der Waals surface area contributed by atoms with Gasteiger partial charge in [-0.2, -0.15) is 0 Å². The van der Waals surface area contributed by atoms with Gasteiger partial charge in [0.25, 0.3) is 0 Å². The Bertz CT molecular complexity index is 932. The van der Waals surface area contributed by atoms with Gasteiger partial charge in [-0.15, -0.1) is 0 Å². The van der Waals surface area contributed by atoms with Crippen LogP contribution < -0.4 is 14.8 Å². The minimum Gasteiger partial charge on any atom is -0.493 e. The highest BCUT2D eigenvalue weighted by Gasteiger charge is 2.29. The van der Waals surface area contributed by atoms with Crippen LogP contribution in [0.25, 0.3) is 0 Å². The maximum atomic E-state index is 13.4. The number of carbonyl (C=O) groups excluding carboxylic acids is 2. The van der Waals surface area contributed by atoms with Crippen LogP contribution in [0.15, 0.2) is 36.4 Å². The van der Waals surface area contributed by atoms with Crippen LogP contribution in [-0.2, 0) is 22.6 Å². The molecule has 1 atom stereocenters. The Balaban J connectivity index is 2.27. The molecule has 2 amide bonds. The van der Waals surface area contributed by atoms with Crippen molar-refractivity contribution >= 4 is 35.0 Å². The van der Waals surface area contributed by atoms with Crippen molar-refractivity contribution in [1.82, 2.24) is 10.2 Å². The lowest BCUT2D eigenvalue weighted by molar-refractivity contribution is -0.141. The molecule has 0 aliphatic rings. The van der Waals surface area contributed by atoms with Gasteiger partial charge in [-0.3, -0.25) is 9.59 Å². The minimum absolute atomic E-state index is 0.153. The average molecular weight is 495 g/mol. The van der Waals surface area contributed by atoms with E-state index in [1.807, 2.05) is 32.0 Å². The zero-order valence-electron chi connectivity index (χ0n) is 19.6. The summed E-state index contributed by atoms with van der Waals surface area (Å²) in [4.78, 5) is 27.9. The number of aryl methyl sites for hydroxylation is 1. The van der Waals surface area contributed by atoms with Gasteiger partial charge in [0.15, 0.2) is 11.5 Å². The van der Waals surface area contributed by atoms with Crippen LogP contribution in [0, 0.1) is 0 Å². The summed E-state index contributed by atoms with van der Waals surface area (Å²) in [6.07, 6.45) is 1.99. The molecule has 33 heavy (non-hydrogen) atoms. The van der Waals surface area contributed by atoms with E-state index in [9.17, 15) is 9.59 Å². The first kappa shape index (κ1) is 26.8. The molecule has 0 unspecified atom stereocenters. The number of methoxy groups -OCH3 is 2. The van der Waals surface area contributed by atoms with Gasteiger partial charge in [0, 0.05) is 35.1 Å². The molecule has 0 saturated carbocycles. The second kappa shape index (κ2) is 13.3. The van der Waals surface area contributed by atoms with E-state index in [1.165, 1.54) is 0 Å². The van der Waals surface area contributed by atoms with Crippen molar-refractivity contribution in [2.45, 2.75) is 52.1 Å². The van der Waals surface area contributed by atoms with Crippen molar-refractivity contribution in [1.29, 1.82) is 0 Å². The molecule has 0 aliphatic carbocycles. The molecule has 6 nitrogen and oxygen atoms in total. The van der Waals surface area contributed by atoms with E-state index >= 15 is 0 Å². The third kappa shape index (κ3) is 7.27. The SMILES string of the molecule is CCCNC(=O)[C@@H](CC)N(Cc1c(Cl)cccc1Cl)C(=O)CCc1ccc(OC)c(OC)c1. The highest BCUT2D eigenvalue weighted by molar-refractivity contribution is 6.36. The Labute approximate surface area is 206 Å². The summed E-state index contributed by atoms with van der Waals surface area (Å²) in [7, 11) is 3.15. The molecule has 8 heteroatoms. The molecule has 0 fully saturated rings. The first-order chi connectivity index (χ1) is 15.9. The van der Waals surface area contributed by atoms with Crippen molar-refractivity contribution in [3.05, 3.63) is 57.6 Å². The Kier molecular flexibility index (Phi) is 10.8. The molecule has 2 aromatic carbocycles. The van der Waals surface area contributed by atoms with Crippen LogP contribution in [-0.4, -0.2) is 43.5 Å². The van der Waals surface area contributed by atoms with Gasteiger partial charge in [-0.1, -0.05) is 49.2 Å².